The highest BCUT2D eigenvalue weighted by atomic mass is 17.2. The highest BCUT2D eigenvalue weighted by Crippen LogP contribution is 2.72. The van der Waals surface area contributed by atoms with Gasteiger partial charge >= 0.3 is 11.9 Å². The molecule has 26 heavy (non-hydrogen) atoms. The van der Waals surface area contributed by atoms with E-state index in [1.807, 2.05) is 0 Å². The molecule has 3 aliphatic carbocycles. The highest BCUT2D eigenvalue weighted by molar-refractivity contribution is 5.86. The quantitative estimate of drug-likeness (QED) is 0.372. The van der Waals surface area contributed by atoms with E-state index in [0.717, 1.165) is 38.5 Å². The van der Waals surface area contributed by atoms with E-state index >= 15 is 0 Å². The minimum atomic E-state index is -0.544. The summed E-state index contributed by atoms with van der Waals surface area (Å²) in [6.45, 7) is 11.0. The number of rotatable bonds is 8. The second kappa shape index (κ2) is 7.16. The molecule has 0 heterocycles. The molecule has 4 unspecified atom stereocenters. The topological polar surface area (TPSA) is 71.1 Å². The van der Waals surface area contributed by atoms with Gasteiger partial charge in [0.1, 0.15) is 13.2 Å². The lowest BCUT2D eigenvalue weighted by Crippen LogP contribution is -2.47. The van der Waals surface area contributed by atoms with Crippen molar-refractivity contribution in [1.82, 2.24) is 0 Å². The summed E-state index contributed by atoms with van der Waals surface area (Å²) < 4.78 is 0. The second-order valence-corrected chi connectivity index (χ2v) is 8.26. The Kier molecular flexibility index (Phi) is 5.26. The first kappa shape index (κ1) is 19.1. The number of hydrogen-bond acceptors (Lipinski definition) is 6. The molecule has 0 spiro atoms. The molecule has 4 atom stereocenters. The molecule has 3 rings (SSSR count). The van der Waals surface area contributed by atoms with Crippen LogP contribution in [-0.2, 0) is 29.1 Å². The van der Waals surface area contributed by atoms with Crippen LogP contribution in [0.25, 0.3) is 0 Å². The van der Waals surface area contributed by atoms with Crippen molar-refractivity contribution in [2.75, 3.05) is 13.2 Å². The summed E-state index contributed by atoms with van der Waals surface area (Å²) in [5.41, 5.74) is 0.412. The van der Waals surface area contributed by atoms with Gasteiger partial charge in [0.05, 0.1) is 0 Å². The third-order valence-electron chi connectivity index (χ3n) is 6.74. The maximum absolute atomic E-state index is 11.6. The van der Waals surface area contributed by atoms with E-state index in [4.69, 9.17) is 19.6 Å². The minimum absolute atomic E-state index is 0.0963. The minimum Gasteiger partial charge on any atom is -0.293 e. The monoisotopic (exact) mass is 364 g/mol. The maximum atomic E-state index is 11.6. The SMILES string of the molecule is C=C(C)C(=O)OOCC12CCC(C1)C1CCCC12COOC(=O)C(=C)C. The summed E-state index contributed by atoms with van der Waals surface area (Å²) in [7, 11) is 0. The van der Waals surface area contributed by atoms with Crippen molar-refractivity contribution in [2.45, 2.75) is 52.4 Å². The lowest BCUT2D eigenvalue weighted by atomic mass is 9.60. The molecule has 3 saturated carbocycles. The van der Waals surface area contributed by atoms with Crippen molar-refractivity contribution in [3.8, 4) is 0 Å². The molecule has 0 saturated heterocycles. The molecule has 3 fully saturated rings. The van der Waals surface area contributed by atoms with Crippen LogP contribution in [0.2, 0.25) is 0 Å². The van der Waals surface area contributed by atoms with Crippen LogP contribution in [0.4, 0.5) is 0 Å². The molecule has 0 aromatic rings. The van der Waals surface area contributed by atoms with Crippen molar-refractivity contribution in [1.29, 1.82) is 0 Å². The first-order chi connectivity index (χ1) is 12.3. The van der Waals surface area contributed by atoms with Gasteiger partial charge in [0.25, 0.3) is 0 Å². The third kappa shape index (κ3) is 3.09. The molecule has 0 aromatic carbocycles. The molecule has 3 aliphatic rings. The molecule has 144 valence electrons. The second-order valence-electron chi connectivity index (χ2n) is 8.26. The van der Waals surface area contributed by atoms with Gasteiger partial charge in [0, 0.05) is 22.0 Å². The van der Waals surface area contributed by atoms with Crippen LogP contribution in [-0.4, -0.2) is 25.2 Å². The largest absolute Gasteiger partial charge is 0.368 e. The van der Waals surface area contributed by atoms with Gasteiger partial charge in [0.2, 0.25) is 0 Å². The van der Waals surface area contributed by atoms with E-state index in [0.29, 0.717) is 36.2 Å². The fourth-order valence-corrected chi connectivity index (χ4v) is 5.54. The molecule has 6 heteroatoms. The van der Waals surface area contributed by atoms with Gasteiger partial charge in [-0.1, -0.05) is 19.6 Å². The van der Waals surface area contributed by atoms with E-state index in [9.17, 15) is 9.59 Å². The predicted molar refractivity (Wildman–Crippen MR) is 93.3 cm³/mol. The van der Waals surface area contributed by atoms with Crippen molar-refractivity contribution in [3.63, 3.8) is 0 Å². The smallest absolute Gasteiger partial charge is 0.293 e. The molecule has 0 N–H and O–H groups in total. The van der Waals surface area contributed by atoms with E-state index < -0.39 is 11.9 Å². The summed E-state index contributed by atoms with van der Waals surface area (Å²) in [4.78, 5) is 43.8. The van der Waals surface area contributed by atoms with Crippen LogP contribution in [0, 0.1) is 22.7 Å². The number of carbonyl (C=O) groups excluding carboxylic acids is 2. The fourth-order valence-electron chi connectivity index (χ4n) is 5.54. The van der Waals surface area contributed by atoms with Crippen molar-refractivity contribution in [3.05, 3.63) is 24.3 Å². The Balaban J connectivity index is 1.68. The van der Waals surface area contributed by atoms with Gasteiger partial charge in [-0.05, 0) is 57.8 Å². The van der Waals surface area contributed by atoms with Crippen LogP contribution in [0.1, 0.15) is 52.4 Å². The number of carbonyl (C=O) groups is 2. The Labute approximate surface area is 154 Å². The molecular weight excluding hydrogens is 336 g/mol. The number of fused-ring (bicyclic) bond motifs is 5. The normalized spacial score (nSPS) is 34.4. The van der Waals surface area contributed by atoms with Crippen molar-refractivity contribution >= 4 is 11.9 Å². The van der Waals surface area contributed by atoms with Crippen molar-refractivity contribution in [2.24, 2.45) is 22.7 Å². The van der Waals surface area contributed by atoms with Gasteiger partial charge in [-0.25, -0.2) is 9.59 Å². The van der Waals surface area contributed by atoms with E-state index in [1.54, 1.807) is 13.8 Å². The van der Waals surface area contributed by atoms with E-state index in [2.05, 4.69) is 13.2 Å². The maximum Gasteiger partial charge on any atom is 0.368 e. The number of hydrogen-bond donors (Lipinski definition) is 0. The molecule has 0 aromatic heterocycles. The first-order valence-corrected chi connectivity index (χ1v) is 9.30. The lowest BCUT2D eigenvalue weighted by molar-refractivity contribution is -0.313. The van der Waals surface area contributed by atoms with Gasteiger partial charge in [-0.2, -0.15) is 9.78 Å². The predicted octanol–water partition coefficient (Wildman–Crippen LogP) is 3.67. The lowest BCUT2D eigenvalue weighted by Gasteiger charge is -2.46. The van der Waals surface area contributed by atoms with Gasteiger partial charge in [-0.15, -0.1) is 0 Å². The fraction of sp³-hybridized carbons (Fsp3) is 0.700. The van der Waals surface area contributed by atoms with Gasteiger partial charge < -0.3 is 0 Å². The third-order valence-corrected chi connectivity index (χ3v) is 6.74. The summed E-state index contributed by atoms with van der Waals surface area (Å²) >= 11 is 0. The standard InChI is InChI=1S/C20H28O6/c1-13(2)17(21)25-23-11-19-9-7-15(10-19)16-6-5-8-20(16,19)12-24-26-18(22)14(3)4/h15-16H,1,3,5-12H2,2,4H3. The van der Waals surface area contributed by atoms with Gasteiger partial charge in [0.15, 0.2) is 0 Å². The van der Waals surface area contributed by atoms with E-state index in [-0.39, 0.29) is 10.8 Å². The van der Waals surface area contributed by atoms with E-state index in [1.165, 1.54) is 0 Å². The zero-order valence-corrected chi connectivity index (χ0v) is 15.7. The average Bonchev–Trinajstić information content (AvgIpc) is 3.25. The van der Waals surface area contributed by atoms with Gasteiger partial charge in [-0.3, -0.25) is 9.78 Å². The molecule has 0 radical (unpaired) electrons. The zero-order chi connectivity index (χ0) is 18.9. The van der Waals surface area contributed by atoms with Crippen LogP contribution >= 0.6 is 0 Å². The summed E-state index contributed by atoms with van der Waals surface area (Å²) in [5, 5.41) is 0. The van der Waals surface area contributed by atoms with Crippen LogP contribution in [0.5, 0.6) is 0 Å². The van der Waals surface area contributed by atoms with Crippen LogP contribution < -0.4 is 0 Å². The highest BCUT2D eigenvalue weighted by Gasteiger charge is 2.68. The Morgan fingerprint density at radius 1 is 0.962 bits per heavy atom. The Bertz CT molecular complexity index is 626. The first-order valence-electron chi connectivity index (χ1n) is 9.30. The molecule has 2 bridgehead atoms. The molecular formula is C20H28O6. The van der Waals surface area contributed by atoms with Crippen LogP contribution in [0.3, 0.4) is 0 Å². The summed E-state index contributed by atoms with van der Waals surface area (Å²) in [6, 6.07) is 0. The molecule has 0 aliphatic heterocycles. The Morgan fingerprint density at radius 3 is 2.19 bits per heavy atom. The van der Waals surface area contributed by atoms with Crippen LogP contribution in [0.15, 0.2) is 24.3 Å². The average molecular weight is 364 g/mol. The van der Waals surface area contributed by atoms with Crippen molar-refractivity contribution < 1.29 is 29.1 Å². The molecule has 0 amide bonds. The zero-order valence-electron chi connectivity index (χ0n) is 15.7. The summed E-state index contributed by atoms with van der Waals surface area (Å²) in [5.74, 6) is 0.0935. The Morgan fingerprint density at radius 2 is 1.58 bits per heavy atom. The summed E-state index contributed by atoms with van der Waals surface area (Å²) in [6.07, 6.45) is 6.52. The molecule has 6 nitrogen and oxygen atoms in total. The Hall–Kier alpha value is -1.66.